The van der Waals surface area contributed by atoms with E-state index in [2.05, 4.69) is 9.97 Å². The molecule has 0 amide bonds. The number of rotatable bonds is 7. The normalized spacial score (nSPS) is 12.0. The van der Waals surface area contributed by atoms with Crippen LogP contribution in [0.1, 0.15) is 29.0 Å². The van der Waals surface area contributed by atoms with Crippen molar-refractivity contribution in [1.82, 2.24) is 9.97 Å². The number of carbonyl (C=O) groups is 1. The van der Waals surface area contributed by atoms with Crippen molar-refractivity contribution in [2.24, 2.45) is 0 Å². The van der Waals surface area contributed by atoms with E-state index in [1.807, 2.05) is 43.3 Å². The highest BCUT2D eigenvalue weighted by molar-refractivity contribution is 7.09. The molecule has 1 aromatic carbocycles. The predicted molar refractivity (Wildman–Crippen MR) is 101 cm³/mol. The fourth-order valence-corrected chi connectivity index (χ4v) is 2.79. The molecule has 0 aliphatic rings. The molecule has 0 spiro atoms. The number of aromatic nitrogens is 2. The summed E-state index contributed by atoms with van der Waals surface area (Å²) < 4.78 is 11.0. The van der Waals surface area contributed by atoms with Crippen molar-refractivity contribution in [3.63, 3.8) is 0 Å². The van der Waals surface area contributed by atoms with Crippen LogP contribution in [0.4, 0.5) is 0 Å². The molecule has 0 N–H and O–H groups in total. The highest BCUT2D eigenvalue weighted by atomic mass is 32.1. The van der Waals surface area contributed by atoms with Crippen molar-refractivity contribution in [3.05, 3.63) is 82.6 Å². The van der Waals surface area contributed by atoms with Gasteiger partial charge in [0.25, 0.3) is 0 Å². The van der Waals surface area contributed by atoms with E-state index in [9.17, 15) is 4.79 Å². The van der Waals surface area contributed by atoms with Crippen molar-refractivity contribution >= 4 is 23.4 Å². The average Bonchev–Trinajstić information content (AvgIpc) is 3.21. The topological polar surface area (TPSA) is 61.3 Å². The predicted octanol–water partition coefficient (Wildman–Crippen LogP) is 4.43. The summed E-state index contributed by atoms with van der Waals surface area (Å²) in [7, 11) is 0. The molecule has 0 fully saturated rings. The van der Waals surface area contributed by atoms with E-state index in [0.29, 0.717) is 6.61 Å². The zero-order valence-corrected chi connectivity index (χ0v) is 15.1. The van der Waals surface area contributed by atoms with Gasteiger partial charge in [0.15, 0.2) is 0 Å². The maximum absolute atomic E-state index is 11.9. The summed E-state index contributed by atoms with van der Waals surface area (Å²) >= 11 is 1.46. The molecule has 132 valence electrons. The molecular weight excluding hydrogens is 348 g/mol. The first-order valence-electron chi connectivity index (χ1n) is 8.09. The second-order valence-electron chi connectivity index (χ2n) is 5.54. The number of carbonyl (C=O) groups excluding carboxylic acids is 1. The molecule has 0 radical (unpaired) electrons. The third kappa shape index (κ3) is 5.26. The van der Waals surface area contributed by atoms with Gasteiger partial charge in [0, 0.05) is 30.2 Å². The van der Waals surface area contributed by atoms with Gasteiger partial charge in [-0.05, 0) is 36.8 Å². The van der Waals surface area contributed by atoms with Crippen molar-refractivity contribution in [3.8, 4) is 5.75 Å². The largest absolute Gasteiger partial charge is 0.489 e. The van der Waals surface area contributed by atoms with Gasteiger partial charge in [-0.2, -0.15) is 0 Å². The molecule has 0 saturated carbocycles. The number of thiazole rings is 1. The van der Waals surface area contributed by atoms with E-state index in [4.69, 9.17) is 9.47 Å². The Morgan fingerprint density at radius 2 is 2.04 bits per heavy atom. The summed E-state index contributed by atoms with van der Waals surface area (Å²) in [6.45, 7) is 2.29. The van der Waals surface area contributed by atoms with Crippen LogP contribution in [0, 0.1) is 0 Å². The number of benzene rings is 1. The number of nitrogens with zero attached hydrogens (tertiary/aromatic N) is 2. The number of pyridine rings is 1. The fourth-order valence-electron chi connectivity index (χ4n) is 2.19. The van der Waals surface area contributed by atoms with Gasteiger partial charge in [0.2, 0.25) is 0 Å². The van der Waals surface area contributed by atoms with Crippen LogP contribution < -0.4 is 4.74 Å². The molecule has 0 saturated heterocycles. The van der Waals surface area contributed by atoms with E-state index < -0.39 is 0 Å². The third-order valence-corrected chi connectivity index (χ3v) is 4.50. The van der Waals surface area contributed by atoms with Crippen LogP contribution in [0.15, 0.2) is 66.6 Å². The zero-order chi connectivity index (χ0) is 18.2. The minimum absolute atomic E-state index is 0.303. The maximum Gasteiger partial charge on any atom is 0.331 e. The van der Waals surface area contributed by atoms with Gasteiger partial charge in [0.05, 0.1) is 10.4 Å². The SMILES string of the molecule is C[C@@H](OC(=O)/C=C/c1ccc(OCc2cccnc2)cc1)c1cncs1. The summed E-state index contributed by atoms with van der Waals surface area (Å²) in [4.78, 5) is 20.8. The lowest BCUT2D eigenvalue weighted by atomic mass is 10.2. The van der Waals surface area contributed by atoms with Crippen LogP contribution in [0.5, 0.6) is 5.75 Å². The Labute approximate surface area is 156 Å². The summed E-state index contributed by atoms with van der Waals surface area (Å²) in [5, 5.41) is 0. The first-order valence-corrected chi connectivity index (χ1v) is 8.97. The summed E-state index contributed by atoms with van der Waals surface area (Å²) in [5.41, 5.74) is 3.61. The van der Waals surface area contributed by atoms with Crippen LogP contribution in [-0.4, -0.2) is 15.9 Å². The zero-order valence-electron chi connectivity index (χ0n) is 14.2. The van der Waals surface area contributed by atoms with E-state index in [1.54, 1.807) is 30.2 Å². The lowest BCUT2D eigenvalue weighted by Crippen LogP contribution is -2.04. The lowest BCUT2D eigenvalue weighted by molar-refractivity contribution is -0.142. The summed E-state index contributed by atoms with van der Waals surface area (Å²) in [6.07, 6.45) is 8.04. The number of esters is 1. The van der Waals surface area contributed by atoms with Gasteiger partial charge in [-0.15, -0.1) is 11.3 Å². The Bertz CT molecular complexity index is 847. The molecule has 6 heteroatoms. The highest BCUT2D eigenvalue weighted by Gasteiger charge is 2.10. The maximum atomic E-state index is 11.9. The molecule has 5 nitrogen and oxygen atoms in total. The Kier molecular flexibility index (Phi) is 6.11. The molecule has 1 atom stereocenters. The van der Waals surface area contributed by atoms with Crippen LogP contribution >= 0.6 is 11.3 Å². The minimum atomic E-state index is -0.386. The summed E-state index contributed by atoms with van der Waals surface area (Å²) in [6, 6.07) is 11.3. The van der Waals surface area contributed by atoms with Gasteiger partial charge in [-0.1, -0.05) is 18.2 Å². The molecule has 0 bridgehead atoms. The Hall–Kier alpha value is -2.99. The lowest BCUT2D eigenvalue weighted by Gasteiger charge is -2.08. The van der Waals surface area contributed by atoms with E-state index in [0.717, 1.165) is 21.8 Å². The molecule has 0 unspecified atom stereocenters. The van der Waals surface area contributed by atoms with Crippen LogP contribution in [0.25, 0.3) is 6.08 Å². The van der Waals surface area contributed by atoms with Crippen LogP contribution in [0.3, 0.4) is 0 Å². The van der Waals surface area contributed by atoms with Gasteiger partial charge < -0.3 is 9.47 Å². The Balaban J connectivity index is 1.50. The number of hydrogen-bond acceptors (Lipinski definition) is 6. The van der Waals surface area contributed by atoms with Crippen molar-refractivity contribution in [1.29, 1.82) is 0 Å². The van der Waals surface area contributed by atoms with Crippen molar-refractivity contribution in [2.75, 3.05) is 0 Å². The molecule has 0 aliphatic heterocycles. The molecular formula is C20H18N2O3S. The van der Waals surface area contributed by atoms with E-state index in [1.165, 1.54) is 17.4 Å². The van der Waals surface area contributed by atoms with Crippen molar-refractivity contribution < 1.29 is 14.3 Å². The average molecular weight is 366 g/mol. The van der Waals surface area contributed by atoms with Gasteiger partial charge in [-0.25, -0.2) is 4.79 Å². The Morgan fingerprint density at radius 1 is 1.19 bits per heavy atom. The summed E-state index contributed by atoms with van der Waals surface area (Å²) in [5.74, 6) is 0.371. The second kappa shape index (κ2) is 8.92. The molecule has 3 aromatic rings. The van der Waals surface area contributed by atoms with E-state index >= 15 is 0 Å². The number of hydrogen-bond donors (Lipinski definition) is 0. The van der Waals surface area contributed by atoms with Crippen molar-refractivity contribution in [2.45, 2.75) is 19.6 Å². The number of ether oxygens (including phenoxy) is 2. The quantitative estimate of drug-likeness (QED) is 0.457. The standard InChI is InChI=1S/C20H18N2O3S/c1-15(19-12-22-14-26-19)25-20(23)9-6-16-4-7-18(8-5-16)24-13-17-3-2-10-21-11-17/h2-12,14-15H,13H2,1H3/b9-6+/t15-/m1/s1. The second-order valence-corrected chi connectivity index (χ2v) is 6.45. The molecule has 0 aliphatic carbocycles. The van der Waals surface area contributed by atoms with Gasteiger partial charge in [-0.3, -0.25) is 9.97 Å². The highest BCUT2D eigenvalue weighted by Crippen LogP contribution is 2.20. The molecule has 2 heterocycles. The first-order chi connectivity index (χ1) is 12.7. The van der Waals surface area contributed by atoms with Crippen LogP contribution in [-0.2, 0) is 16.1 Å². The van der Waals surface area contributed by atoms with Crippen LogP contribution in [0.2, 0.25) is 0 Å². The van der Waals surface area contributed by atoms with E-state index in [-0.39, 0.29) is 12.1 Å². The smallest absolute Gasteiger partial charge is 0.331 e. The minimum Gasteiger partial charge on any atom is -0.489 e. The third-order valence-electron chi connectivity index (χ3n) is 3.57. The Morgan fingerprint density at radius 3 is 2.73 bits per heavy atom. The fraction of sp³-hybridized carbons (Fsp3) is 0.150. The first kappa shape index (κ1) is 17.8. The molecule has 26 heavy (non-hydrogen) atoms. The molecule has 2 aromatic heterocycles. The van der Waals surface area contributed by atoms with Gasteiger partial charge >= 0.3 is 5.97 Å². The molecule has 3 rings (SSSR count). The van der Waals surface area contributed by atoms with Gasteiger partial charge in [0.1, 0.15) is 18.5 Å². The monoisotopic (exact) mass is 366 g/mol.